The summed E-state index contributed by atoms with van der Waals surface area (Å²) in [6.07, 6.45) is -0.831. The average molecular weight is 717 g/mol. The normalized spacial score (nSPS) is 26.5. The van der Waals surface area contributed by atoms with Crippen molar-refractivity contribution in [3.63, 3.8) is 0 Å². The second-order valence-corrected chi connectivity index (χ2v) is 14.3. The molecule has 0 spiro atoms. The van der Waals surface area contributed by atoms with Crippen LogP contribution in [0.15, 0.2) is 23.8 Å². The van der Waals surface area contributed by atoms with Gasteiger partial charge in [-0.05, 0) is 0 Å². The van der Waals surface area contributed by atoms with Crippen molar-refractivity contribution in [2.24, 2.45) is 0 Å². The molecule has 4 aromatic heterocycles. The Hall–Kier alpha value is -3.46. The highest BCUT2D eigenvalue weighted by molar-refractivity contribution is 8.44. The number of nitrogens with two attached hydrogens (primary N) is 2. The molecule has 8 atom stereocenters. The van der Waals surface area contributed by atoms with Crippen LogP contribution in [0.4, 0.5) is 11.8 Å². The first-order valence-electron chi connectivity index (χ1n) is 14.1. The summed E-state index contributed by atoms with van der Waals surface area (Å²) >= 11 is 3.53. The van der Waals surface area contributed by atoms with E-state index >= 15 is 0 Å². The molecule has 24 heteroatoms. The van der Waals surface area contributed by atoms with Crippen molar-refractivity contribution in [1.29, 1.82) is 0 Å². The zero-order valence-corrected chi connectivity index (χ0v) is 27.2. The topological polar surface area (TPSA) is 286 Å². The maximum absolute atomic E-state index is 13.1. The lowest BCUT2D eigenvalue weighted by atomic mass is 10.2. The molecule has 0 aromatic carbocycles. The number of imidazole rings is 2. The first kappa shape index (κ1) is 33.4. The zero-order chi connectivity index (χ0) is 33.5. The van der Waals surface area contributed by atoms with E-state index in [0.29, 0.717) is 11.2 Å². The van der Waals surface area contributed by atoms with Gasteiger partial charge in [-0.1, -0.05) is 19.2 Å². The SMILES string of the molecule is CCC(=O)O[C@H]1C[C@H](n2cnc3c(=O)[nH]c(N)nc32)O[C@@H]1CO[PH](=O)O[C@H]1C[C@H](n2cnc3c(N)ncnc32)O[C@@H]1CO[P@](=O)(O)S. The Morgan fingerprint density at radius 3 is 2.45 bits per heavy atom. The van der Waals surface area contributed by atoms with Crippen molar-refractivity contribution in [1.82, 2.24) is 39.0 Å². The molecular weight excluding hydrogens is 686 g/mol. The van der Waals surface area contributed by atoms with Gasteiger partial charge in [0.25, 0.3) is 5.56 Å². The monoisotopic (exact) mass is 716 g/mol. The molecule has 0 saturated carbocycles. The van der Waals surface area contributed by atoms with E-state index in [1.807, 2.05) is 0 Å². The fraction of sp³-hybridized carbons (Fsp3) is 0.522. The molecule has 0 bridgehead atoms. The molecule has 6 heterocycles. The van der Waals surface area contributed by atoms with Crippen molar-refractivity contribution >= 4 is 67.4 Å². The lowest BCUT2D eigenvalue weighted by molar-refractivity contribution is -0.152. The van der Waals surface area contributed by atoms with Crippen LogP contribution in [0.25, 0.3) is 22.3 Å². The number of carbonyl (C=O) groups is 1. The minimum atomic E-state index is -4.19. The predicted molar refractivity (Wildman–Crippen MR) is 164 cm³/mol. The first-order chi connectivity index (χ1) is 22.4. The Labute approximate surface area is 269 Å². The molecule has 4 aromatic rings. The Bertz CT molecular complexity index is 1920. The molecule has 254 valence electrons. The van der Waals surface area contributed by atoms with Crippen molar-refractivity contribution in [2.45, 2.75) is 63.1 Å². The number of hydrogen-bond acceptors (Lipinski definition) is 17. The number of carbonyl (C=O) groups excluding carboxylic acids is 1. The molecule has 2 saturated heterocycles. The number of esters is 1. The maximum atomic E-state index is 13.1. The van der Waals surface area contributed by atoms with Crippen molar-refractivity contribution in [2.75, 3.05) is 24.7 Å². The minimum Gasteiger partial charge on any atom is -0.459 e. The molecule has 2 fully saturated rings. The van der Waals surface area contributed by atoms with E-state index in [0.717, 1.165) is 0 Å². The molecule has 0 aliphatic carbocycles. The highest BCUT2D eigenvalue weighted by Gasteiger charge is 2.42. The van der Waals surface area contributed by atoms with Gasteiger partial charge < -0.3 is 39.6 Å². The number of thiol groups is 1. The summed E-state index contributed by atoms with van der Waals surface area (Å²) in [6.45, 7) is -3.31. The van der Waals surface area contributed by atoms with Crippen molar-refractivity contribution in [3.05, 3.63) is 29.3 Å². The van der Waals surface area contributed by atoms with Gasteiger partial charge in [-0.2, -0.15) is 4.98 Å². The summed E-state index contributed by atoms with van der Waals surface area (Å²) in [4.78, 5) is 56.9. The van der Waals surface area contributed by atoms with Crippen LogP contribution < -0.4 is 17.0 Å². The number of ether oxygens (including phenoxy) is 3. The molecule has 6 rings (SSSR count). The van der Waals surface area contributed by atoms with Gasteiger partial charge in [-0.3, -0.25) is 32.8 Å². The van der Waals surface area contributed by atoms with E-state index in [-0.39, 0.29) is 48.8 Å². The smallest absolute Gasteiger partial charge is 0.383 e. The highest BCUT2D eigenvalue weighted by atomic mass is 32.7. The fourth-order valence-electron chi connectivity index (χ4n) is 5.26. The lowest BCUT2D eigenvalue weighted by Gasteiger charge is -2.21. The Balaban J connectivity index is 1.15. The largest absolute Gasteiger partial charge is 0.459 e. The van der Waals surface area contributed by atoms with E-state index in [4.69, 9.17) is 39.2 Å². The van der Waals surface area contributed by atoms with Crippen LogP contribution in [0.2, 0.25) is 0 Å². The summed E-state index contributed by atoms with van der Waals surface area (Å²) in [7, 11) is -3.28. The van der Waals surface area contributed by atoms with Gasteiger partial charge in [-0.25, -0.2) is 24.5 Å². The minimum absolute atomic E-state index is 0.0359. The van der Waals surface area contributed by atoms with Crippen LogP contribution >= 0.6 is 27.3 Å². The van der Waals surface area contributed by atoms with Crippen LogP contribution in [0.3, 0.4) is 0 Å². The Morgan fingerprint density at radius 1 is 1.09 bits per heavy atom. The number of anilines is 2. The lowest BCUT2D eigenvalue weighted by Crippen LogP contribution is -2.31. The van der Waals surface area contributed by atoms with E-state index in [1.54, 1.807) is 11.5 Å². The number of nitrogens with zero attached hydrogens (tertiary/aromatic N) is 7. The summed E-state index contributed by atoms with van der Waals surface area (Å²) in [5.74, 6) is -0.462. The summed E-state index contributed by atoms with van der Waals surface area (Å²) < 4.78 is 61.8. The second-order valence-electron chi connectivity index (χ2n) is 10.5. The van der Waals surface area contributed by atoms with Crippen LogP contribution in [-0.4, -0.2) is 87.5 Å². The number of rotatable bonds is 12. The van der Waals surface area contributed by atoms with Gasteiger partial charge in [0, 0.05) is 19.3 Å². The highest BCUT2D eigenvalue weighted by Crippen LogP contribution is 2.48. The molecular formula is C23H30N10O11P2S. The third-order valence-corrected chi connectivity index (χ3v) is 9.14. The van der Waals surface area contributed by atoms with Crippen LogP contribution in [-0.2, 0) is 41.7 Å². The van der Waals surface area contributed by atoms with Crippen molar-refractivity contribution < 1.29 is 46.6 Å². The van der Waals surface area contributed by atoms with Gasteiger partial charge in [0.05, 0.1) is 32.0 Å². The van der Waals surface area contributed by atoms with Gasteiger partial charge in [0.1, 0.15) is 42.6 Å². The quantitative estimate of drug-likeness (QED) is 0.0771. The summed E-state index contributed by atoms with van der Waals surface area (Å²) in [6, 6.07) is 0. The Kier molecular flexibility index (Phi) is 9.66. The van der Waals surface area contributed by atoms with Gasteiger partial charge in [0.15, 0.2) is 22.6 Å². The van der Waals surface area contributed by atoms with E-state index in [9.17, 15) is 23.6 Å². The number of aromatic nitrogens is 8. The standard InChI is InChI=1S/C23H30N10O11P2S/c1-2-16(34)43-10-3-14(33-9-29-18-21(33)30-23(25)31-22(18)35)41-12(10)5-39-45(36)44-11-4-15(42-13(11)6-40-46(37,38)47)32-8-28-17-19(24)26-7-27-20(17)32/h7-15,45H,2-6H2,1H3,(H2,24,26,27)(H2,37,38,47)(H3,25,30,31,35)/t10-,11-,12+,13+,14+,15+/m0/s1. The third-order valence-electron chi connectivity index (χ3n) is 7.41. The summed E-state index contributed by atoms with van der Waals surface area (Å²) in [5, 5.41) is 0. The van der Waals surface area contributed by atoms with E-state index in [2.05, 4.69) is 42.2 Å². The fourth-order valence-corrected chi connectivity index (χ4v) is 6.66. The summed E-state index contributed by atoms with van der Waals surface area (Å²) in [5.41, 5.74) is 12.0. The molecule has 1 unspecified atom stereocenters. The molecule has 47 heavy (non-hydrogen) atoms. The van der Waals surface area contributed by atoms with Crippen LogP contribution in [0.5, 0.6) is 0 Å². The third kappa shape index (κ3) is 7.35. The second kappa shape index (κ2) is 13.6. The predicted octanol–water partition coefficient (Wildman–Crippen LogP) is 0.859. The first-order valence-corrected chi connectivity index (χ1v) is 18.0. The van der Waals surface area contributed by atoms with Crippen LogP contribution in [0, 0.1) is 0 Å². The molecule has 2 aliphatic heterocycles. The van der Waals surface area contributed by atoms with Crippen molar-refractivity contribution in [3.8, 4) is 0 Å². The van der Waals surface area contributed by atoms with Gasteiger partial charge >= 0.3 is 21.0 Å². The average Bonchev–Trinajstić information content (AvgIpc) is 3.80. The molecule has 0 radical (unpaired) electrons. The number of aromatic amines is 1. The number of H-pyrrole nitrogens is 1. The van der Waals surface area contributed by atoms with Crippen LogP contribution in [0.1, 0.15) is 38.6 Å². The number of hydrogen-bond donors (Lipinski definition) is 5. The van der Waals surface area contributed by atoms with E-state index < -0.39 is 70.1 Å². The number of fused-ring (bicyclic) bond motifs is 2. The molecule has 0 amide bonds. The maximum Gasteiger partial charge on any atom is 0.383 e. The number of nitrogens with one attached hydrogen (secondary N) is 1. The molecule has 6 N–H and O–H groups in total. The van der Waals surface area contributed by atoms with Gasteiger partial charge in [0.2, 0.25) is 5.95 Å². The Morgan fingerprint density at radius 2 is 1.74 bits per heavy atom. The van der Waals surface area contributed by atoms with E-state index in [1.165, 1.54) is 23.5 Å². The van der Waals surface area contributed by atoms with Gasteiger partial charge in [-0.15, -0.1) is 0 Å². The number of nitrogen functional groups attached to an aromatic ring is 2. The molecule has 2 aliphatic rings. The molecule has 21 nitrogen and oxygen atoms in total. The zero-order valence-electron chi connectivity index (χ0n) is 24.4.